The Bertz CT molecular complexity index is 758. The second-order valence-electron chi connectivity index (χ2n) is 9.07. The fraction of sp³-hybridized carbons (Fsp3) is 0.500. The summed E-state index contributed by atoms with van der Waals surface area (Å²) in [7, 11) is 0. The number of nitrogens with one attached hydrogen (secondary N) is 2. The average Bonchev–Trinajstić information content (AvgIpc) is 2.86. The zero-order valence-electron chi connectivity index (χ0n) is 19.6. The molecule has 2 aromatic rings. The average molecular weight is 435 g/mol. The van der Waals surface area contributed by atoms with Gasteiger partial charge in [-0.3, -0.25) is 9.59 Å². The Morgan fingerprint density at radius 3 is 1.34 bits per heavy atom. The van der Waals surface area contributed by atoms with Crippen molar-refractivity contribution >= 4 is 11.8 Å². The Kier molecular flexibility index (Phi) is 9.33. The SMILES string of the molecule is CC[C@@H](CNC(=O)C1CCC(C(=O)NC[C@H](CC)c2ccccc2)CC1)c1ccccc1. The minimum atomic E-state index is 0.0278. The highest BCUT2D eigenvalue weighted by atomic mass is 16.2. The van der Waals surface area contributed by atoms with Gasteiger partial charge in [0.2, 0.25) is 11.8 Å². The molecule has 4 nitrogen and oxygen atoms in total. The lowest BCUT2D eigenvalue weighted by Gasteiger charge is -2.28. The Morgan fingerprint density at radius 1 is 0.688 bits per heavy atom. The van der Waals surface area contributed by atoms with Crippen molar-refractivity contribution in [2.75, 3.05) is 13.1 Å². The second kappa shape index (κ2) is 12.4. The van der Waals surface area contributed by atoms with Crippen LogP contribution in [0.4, 0.5) is 0 Å². The minimum Gasteiger partial charge on any atom is -0.355 e. The summed E-state index contributed by atoms with van der Waals surface area (Å²) in [4.78, 5) is 25.5. The number of amides is 2. The van der Waals surface area contributed by atoms with Crippen LogP contribution in [-0.4, -0.2) is 24.9 Å². The van der Waals surface area contributed by atoms with Gasteiger partial charge in [-0.05, 0) is 49.7 Å². The topological polar surface area (TPSA) is 58.2 Å². The maximum Gasteiger partial charge on any atom is 0.223 e. The lowest BCUT2D eigenvalue weighted by atomic mass is 9.81. The molecule has 0 spiro atoms. The molecular weight excluding hydrogens is 396 g/mol. The van der Waals surface area contributed by atoms with Crippen molar-refractivity contribution in [3.05, 3.63) is 71.8 Å². The molecule has 1 aliphatic carbocycles. The molecule has 1 saturated carbocycles. The van der Waals surface area contributed by atoms with Gasteiger partial charge in [0.25, 0.3) is 0 Å². The maximum absolute atomic E-state index is 12.7. The molecule has 0 unspecified atom stereocenters. The fourth-order valence-corrected chi connectivity index (χ4v) is 4.80. The van der Waals surface area contributed by atoms with Gasteiger partial charge in [0, 0.05) is 36.8 Å². The smallest absolute Gasteiger partial charge is 0.223 e. The van der Waals surface area contributed by atoms with Crippen LogP contribution in [0.1, 0.15) is 75.3 Å². The van der Waals surface area contributed by atoms with E-state index in [1.165, 1.54) is 11.1 Å². The van der Waals surface area contributed by atoms with Crippen LogP contribution in [0.25, 0.3) is 0 Å². The van der Waals surface area contributed by atoms with Crippen LogP contribution < -0.4 is 10.6 Å². The zero-order valence-corrected chi connectivity index (χ0v) is 19.6. The van der Waals surface area contributed by atoms with Gasteiger partial charge in [0.05, 0.1) is 0 Å². The van der Waals surface area contributed by atoms with Crippen molar-refractivity contribution < 1.29 is 9.59 Å². The first kappa shape index (κ1) is 24.0. The second-order valence-corrected chi connectivity index (χ2v) is 9.07. The van der Waals surface area contributed by atoms with Crippen molar-refractivity contribution in [3.63, 3.8) is 0 Å². The van der Waals surface area contributed by atoms with Crippen LogP contribution in [0.15, 0.2) is 60.7 Å². The van der Waals surface area contributed by atoms with Gasteiger partial charge >= 0.3 is 0 Å². The molecule has 0 heterocycles. The van der Waals surface area contributed by atoms with Gasteiger partial charge in [0.1, 0.15) is 0 Å². The molecule has 0 bridgehead atoms. The summed E-state index contributed by atoms with van der Waals surface area (Å²) < 4.78 is 0. The van der Waals surface area contributed by atoms with Crippen LogP contribution in [0.3, 0.4) is 0 Å². The predicted molar refractivity (Wildman–Crippen MR) is 130 cm³/mol. The summed E-state index contributed by atoms with van der Waals surface area (Å²) in [5.74, 6) is 1.04. The first-order valence-electron chi connectivity index (χ1n) is 12.3. The minimum absolute atomic E-state index is 0.0278. The van der Waals surface area contributed by atoms with Crippen LogP contribution in [0.5, 0.6) is 0 Å². The molecule has 2 N–H and O–H groups in total. The molecule has 0 aromatic heterocycles. The molecule has 0 saturated heterocycles. The van der Waals surface area contributed by atoms with Gasteiger partial charge in [-0.2, -0.15) is 0 Å². The number of benzene rings is 2. The Hall–Kier alpha value is -2.62. The monoisotopic (exact) mass is 434 g/mol. The van der Waals surface area contributed by atoms with E-state index in [0.29, 0.717) is 24.9 Å². The van der Waals surface area contributed by atoms with Crippen molar-refractivity contribution in [3.8, 4) is 0 Å². The van der Waals surface area contributed by atoms with E-state index < -0.39 is 0 Å². The first-order chi connectivity index (χ1) is 15.6. The lowest BCUT2D eigenvalue weighted by Crippen LogP contribution is -2.39. The van der Waals surface area contributed by atoms with Crippen molar-refractivity contribution in [1.82, 2.24) is 10.6 Å². The van der Waals surface area contributed by atoms with E-state index in [9.17, 15) is 9.59 Å². The summed E-state index contributed by atoms with van der Waals surface area (Å²) in [6, 6.07) is 20.8. The number of carbonyl (C=O) groups excluding carboxylic acids is 2. The highest BCUT2D eigenvalue weighted by Gasteiger charge is 2.30. The van der Waals surface area contributed by atoms with E-state index in [1.54, 1.807) is 0 Å². The molecule has 0 aliphatic heterocycles. The van der Waals surface area contributed by atoms with Crippen LogP contribution >= 0.6 is 0 Å². The summed E-state index contributed by atoms with van der Waals surface area (Å²) in [6.45, 7) is 5.68. The Labute approximate surface area is 193 Å². The van der Waals surface area contributed by atoms with Gasteiger partial charge in [0.15, 0.2) is 0 Å². The maximum atomic E-state index is 12.7. The number of carbonyl (C=O) groups is 2. The third kappa shape index (κ3) is 6.69. The zero-order chi connectivity index (χ0) is 22.8. The van der Waals surface area contributed by atoms with E-state index in [1.807, 2.05) is 12.1 Å². The predicted octanol–water partition coefficient (Wildman–Crippen LogP) is 5.41. The standard InChI is InChI=1S/C28H38N2O2/c1-3-21(23-11-7-5-8-12-23)19-29-27(31)25-15-17-26(18-16-25)28(32)30-20-22(4-2)24-13-9-6-10-14-24/h5-14,21-22,25-26H,3-4,15-20H2,1-2H3,(H,29,31)(H,30,32)/t21-,22-,25?,26?/m0/s1. The van der Waals surface area contributed by atoms with Gasteiger partial charge < -0.3 is 10.6 Å². The molecule has 2 aromatic carbocycles. The normalized spacial score (nSPS) is 20.2. The highest BCUT2D eigenvalue weighted by molar-refractivity contribution is 5.81. The molecule has 0 radical (unpaired) electrons. The van der Waals surface area contributed by atoms with E-state index in [4.69, 9.17) is 0 Å². The third-order valence-corrected chi connectivity index (χ3v) is 7.04. The summed E-state index contributed by atoms with van der Waals surface area (Å²) in [5, 5.41) is 6.34. The Morgan fingerprint density at radius 2 is 1.03 bits per heavy atom. The highest BCUT2D eigenvalue weighted by Crippen LogP contribution is 2.30. The lowest BCUT2D eigenvalue weighted by molar-refractivity contribution is -0.130. The molecule has 4 heteroatoms. The van der Waals surface area contributed by atoms with E-state index in [-0.39, 0.29) is 23.7 Å². The summed E-state index contributed by atoms with van der Waals surface area (Å²) in [6.07, 6.45) is 5.17. The van der Waals surface area contributed by atoms with E-state index >= 15 is 0 Å². The van der Waals surface area contributed by atoms with Crippen LogP contribution in [0, 0.1) is 11.8 Å². The fourth-order valence-electron chi connectivity index (χ4n) is 4.80. The quantitative estimate of drug-likeness (QED) is 0.525. The van der Waals surface area contributed by atoms with Crippen molar-refractivity contribution in [1.29, 1.82) is 0 Å². The summed E-state index contributed by atoms with van der Waals surface area (Å²) in [5.41, 5.74) is 2.55. The van der Waals surface area contributed by atoms with E-state index in [2.05, 4.69) is 73.0 Å². The number of rotatable bonds is 10. The summed E-state index contributed by atoms with van der Waals surface area (Å²) >= 11 is 0. The number of hydrogen-bond donors (Lipinski definition) is 2. The van der Waals surface area contributed by atoms with Gasteiger partial charge in [-0.25, -0.2) is 0 Å². The molecule has 32 heavy (non-hydrogen) atoms. The largest absolute Gasteiger partial charge is 0.355 e. The molecule has 2 amide bonds. The van der Waals surface area contributed by atoms with Gasteiger partial charge in [-0.15, -0.1) is 0 Å². The molecule has 1 aliphatic rings. The van der Waals surface area contributed by atoms with Gasteiger partial charge in [-0.1, -0.05) is 74.5 Å². The third-order valence-electron chi connectivity index (χ3n) is 7.04. The molecule has 172 valence electrons. The van der Waals surface area contributed by atoms with E-state index in [0.717, 1.165) is 38.5 Å². The number of hydrogen-bond acceptors (Lipinski definition) is 2. The first-order valence-corrected chi connectivity index (χ1v) is 12.3. The molecule has 3 rings (SSSR count). The van der Waals surface area contributed by atoms with Crippen LogP contribution in [-0.2, 0) is 9.59 Å². The molecule has 2 atom stereocenters. The Balaban J connectivity index is 1.41. The van der Waals surface area contributed by atoms with Crippen LogP contribution in [0.2, 0.25) is 0 Å². The van der Waals surface area contributed by atoms with Crippen molar-refractivity contribution in [2.45, 2.75) is 64.2 Å². The molecular formula is C28H38N2O2. The van der Waals surface area contributed by atoms with Crippen molar-refractivity contribution in [2.24, 2.45) is 11.8 Å². The molecule has 1 fully saturated rings.